The molecule has 5 heteroatoms. The van der Waals surface area contributed by atoms with E-state index < -0.39 is 0 Å². The predicted octanol–water partition coefficient (Wildman–Crippen LogP) is 1.71. The first-order valence-corrected chi connectivity index (χ1v) is 5.89. The molecule has 2 aromatic heterocycles. The first-order chi connectivity index (χ1) is 7.70. The van der Waals surface area contributed by atoms with E-state index in [0.717, 1.165) is 22.0 Å². The molecule has 3 N–H and O–H groups in total. The highest BCUT2D eigenvalue weighted by molar-refractivity contribution is 7.09. The summed E-state index contributed by atoms with van der Waals surface area (Å²) in [7, 11) is 0. The van der Waals surface area contributed by atoms with Crippen molar-refractivity contribution < 1.29 is 0 Å². The van der Waals surface area contributed by atoms with Gasteiger partial charge in [0, 0.05) is 17.3 Å². The van der Waals surface area contributed by atoms with Crippen LogP contribution in [0, 0.1) is 13.8 Å². The van der Waals surface area contributed by atoms with Crippen molar-refractivity contribution in [2.75, 3.05) is 0 Å². The molecule has 0 saturated heterocycles. The molecule has 2 heterocycles. The Morgan fingerprint density at radius 3 is 2.69 bits per heavy atom. The van der Waals surface area contributed by atoms with E-state index in [4.69, 9.17) is 5.84 Å². The van der Waals surface area contributed by atoms with Crippen LogP contribution < -0.4 is 11.3 Å². The largest absolute Gasteiger partial charge is 0.271 e. The maximum absolute atomic E-state index is 5.57. The second-order valence-corrected chi connectivity index (χ2v) is 4.69. The fraction of sp³-hybridized carbons (Fsp3) is 0.273. The summed E-state index contributed by atoms with van der Waals surface area (Å²) < 4.78 is 0. The van der Waals surface area contributed by atoms with Crippen molar-refractivity contribution in [3.8, 4) is 0 Å². The van der Waals surface area contributed by atoms with Gasteiger partial charge in [-0.2, -0.15) is 0 Å². The van der Waals surface area contributed by atoms with Crippen LogP contribution in [0.3, 0.4) is 0 Å². The van der Waals surface area contributed by atoms with Gasteiger partial charge >= 0.3 is 0 Å². The molecule has 16 heavy (non-hydrogen) atoms. The van der Waals surface area contributed by atoms with E-state index in [1.807, 2.05) is 37.6 Å². The van der Waals surface area contributed by atoms with Gasteiger partial charge in [-0.25, -0.2) is 10.4 Å². The maximum Gasteiger partial charge on any atom is 0.0904 e. The molecule has 2 rings (SSSR count). The Kier molecular flexibility index (Phi) is 3.28. The second kappa shape index (κ2) is 4.69. The molecule has 84 valence electrons. The van der Waals surface area contributed by atoms with Crippen LogP contribution in [-0.2, 0) is 0 Å². The van der Waals surface area contributed by atoms with Gasteiger partial charge in [0.1, 0.15) is 0 Å². The lowest BCUT2D eigenvalue weighted by molar-refractivity contribution is 0.620. The number of hydrazine groups is 1. The van der Waals surface area contributed by atoms with E-state index in [1.165, 1.54) is 0 Å². The molecule has 0 aliphatic carbocycles. The molecule has 2 aromatic rings. The quantitative estimate of drug-likeness (QED) is 0.627. The predicted molar refractivity (Wildman–Crippen MR) is 65.0 cm³/mol. The SMILES string of the molecule is Cc1ccc(C(NN)c2csc(C)n2)cn1. The summed E-state index contributed by atoms with van der Waals surface area (Å²) in [5.41, 5.74) is 5.73. The number of thiazole rings is 1. The minimum Gasteiger partial charge on any atom is -0.271 e. The molecular weight excluding hydrogens is 220 g/mol. The van der Waals surface area contributed by atoms with E-state index in [-0.39, 0.29) is 6.04 Å². The maximum atomic E-state index is 5.57. The Balaban J connectivity index is 2.32. The van der Waals surface area contributed by atoms with E-state index in [0.29, 0.717) is 0 Å². The standard InChI is InChI=1S/C11H14N4S/c1-7-3-4-9(5-13-7)11(15-12)10-6-16-8(2)14-10/h3-6,11,15H,12H2,1-2H3. The highest BCUT2D eigenvalue weighted by Crippen LogP contribution is 2.22. The van der Waals surface area contributed by atoms with Crippen LogP contribution in [0.1, 0.15) is 28.0 Å². The highest BCUT2D eigenvalue weighted by atomic mass is 32.1. The minimum absolute atomic E-state index is 0.0851. The van der Waals surface area contributed by atoms with Crippen LogP contribution >= 0.6 is 11.3 Å². The Morgan fingerprint density at radius 2 is 2.19 bits per heavy atom. The summed E-state index contributed by atoms with van der Waals surface area (Å²) >= 11 is 1.62. The first-order valence-electron chi connectivity index (χ1n) is 5.01. The number of nitrogens with two attached hydrogens (primary N) is 1. The molecule has 0 saturated carbocycles. The number of aromatic nitrogens is 2. The number of hydrogen-bond acceptors (Lipinski definition) is 5. The van der Waals surface area contributed by atoms with Crippen LogP contribution in [0.25, 0.3) is 0 Å². The molecule has 0 amide bonds. The third kappa shape index (κ3) is 2.27. The van der Waals surface area contributed by atoms with Gasteiger partial charge in [-0.3, -0.25) is 10.8 Å². The summed E-state index contributed by atoms with van der Waals surface area (Å²) in [5.74, 6) is 5.57. The molecule has 0 radical (unpaired) electrons. The molecule has 1 atom stereocenters. The van der Waals surface area contributed by atoms with Crippen molar-refractivity contribution in [2.45, 2.75) is 19.9 Å². The van der Waals surface area contributed by atoms with Crippen LogP contribution in [0.5, 0.6) is 0 Å². The summed E-state index contributed by atoms with van der Waals surface area (Å²) in [6, 6.07) is 3.90. The average Bonchev–Trinajstić information content (AvgIpc) is 2.69. The van der Waals surface area contributed by atoms with Crippen molar-refractivity contribution >= 4 is 11.3 Å². The Labute approximate surface area is 98.5 Å². The third-order valence-corrected chi connectivity index (χ3v) is 3.16. The fourth-order valence-electron chi connectivity index (χ4n) is 1.52. The molecule has 4 nitrogen and oxygen atoms in total. The third-order valence-electron chi connectivity index (χ3n) is 2.37. The van der Waals surface area contributed by atoms with Gasteiger partial charge in [0.25, 0.3) is 0 Å². The topological polar surface area (TPSA) is 63.8 Å². The van der Waals surface area contributed by atoms with Crippen molar-refractivity contribution in [2.24, 2.45) is 5.84 Å². The normalized spacial score (nSPS) is 12.7. The lowest BCUT2D eigenvalue weighted by Crippen LogP contribution is -2.29. The van der Waals surface area contributed by atoms with E-state index in [9.17, 15) is 0 Å². The van der Waals surface area contributed by atoms with Gasteiger partial charge in [0.05, 0.1) is 16.7 Å². The van der Waals surface area contributed by atoms with Crippen molar-refractivity contribution in [1.29, 1.82) is 0 Å². The molecular formula is C11H14N4S. The van der Waals surface area contributed by atoms with Crippen LogP contribution in [-0.4, -0.2) is 9.97 Å². The van der Waals surface area contributed by atoms with Crippen LogP contribution in [0.2, 0.25) is 0 Å². The highest BCUT2D eigenvalue weighted by Gasteiger charge is 2.15. The fourth-order valence-corrected chi connectivity index (χ4v) is 2.15. The monoisotopic (exact) mass is 234 g/mol. The molecule has 0 fully saturated rings. The number of pyridine rings is 1. The Hall–Kier alpha value is -1.30. The molecule has 0 aromatic carbocycles. The molecule has 0 bridgehead atoms. The van der Waals surface area contributed by atoms with Crippen molar-refractivity contribution in [1.82, 2.24) is 15.4 Å². The van der Waals surface area contributed by atoms with Gasteiger partial charge in [-0.05, 0) is 25.5 Å². The van der Waals surface area contributed by atoms with Gasteiger partial charge in [0.15, 0.2) is 0 Å². The van der Waals surface area contributed by atoms with Crippen molar-refractivity contribution in [3.05, 3.63) is 45.7 Å². The average molecular weight is 234 g/mol. The lowest BCUT2D eigenvalue weighted by Gasteiger charge is -2.13. The van der Waals surface area contributed by atoms with Gasteiger partial charge in [0.2, 0.25) is 0 Å². The summed E-state index contributed by atoms with van der Waals surface area (Å²) in [6.45, 7) is 3.94. The van der Waals surface area contributed by atoms with Crippen LogP contribution in [0.4, 0.5) is 0 Å². The Morgan fingerprint density at radius 1 is 1.38 bits per heavy atom. The number of nitrogens with zero attached hydrogens (tertiary/aromatic N) is 2. The number of aryl methyl sites for hydroxylation is 2. The zero-order valence-electron chi connectivity index (χ0n) is 9.27. The number of hydrogen-bond donors (Lipinski definition) is 2. The van der Waals surface area contributed by atoms with E-state index in [2.05, 4.69) is 15.4 Å². The first kappa shape index (κ1) is 11.2. The van der Waals surface area contributed by atoms with Crippen LogP contribution in [0.15, 0.2) is 23.7 Å². The molecule has 0 aliphatic rings. The summed E-state index contributed by atoms with van der Waals surface area (Å²) in [5, 5.41) is 3.05. The molecule has 0 spiro atoms. The zero-order valence-corrected chi connectivity index (χ0v) is 10.1. The summed E-state index contributed by atoms with van der Waals surface area (Å²) in [6.07, 6.45) is 1.83. The Bertz CT molecular complexity index is 463. The number of nitrogens with one attached hydrogen (secondary N) is 1. The lowest BCUT2D eigenvalue weighted by atomic mass is 10.1. The molecule has 0 aliphatic heterocycles. The number of rotatable bonds is 3. The summed E-state index contributed by atoms with van der Waals surface area (Å²) in [4.78, 5) is 8.69. The molecule has 1 unspecified atom stereocenters. The van der Waals surface area contributed by atoms with Gasteiger partial charge in [-0.1, -0.05) is 6.07 Å². The smallest absolute Gasteiger partial charge is 0.0904 e. The van der Waals surface area contributed by atoms with Gasteiger partial charge < -0.3 is 0 Å². The zero-order chi connectivity index (χ0) is 11.5. The van der Waals surface area contributed by atoms with E-state index in [1.54, 1.807) is 11.3 Å². The minimum atomic E-state index is -0.0851. The van der Waals surface area contributed by atoms with Crippen molar-refractivity contribution in [3.63, 3.8) is 0 Å². The van der Waals surface area contributed by atoms with Gasteiger partial charge in [-0.15, -0.1) is 11.3 Å². The van der Waals surface area contributed by atoms with E-state index >= 15 is 0 Å². The second-order valence-electron chi connectivity index (χ2n) is 3.62.